The Balaban J connectivity index is 2.19. The molecule has 2 aromatic rings. The number of rotatable bonds is 6. The van der Waals surface area contributed by atoms with Gasteiger partial charge in [0.05, 0.1) is 0 Å². The molecule has 1 heterocycles. The molecule has 0 saturated carbocycles. The summed E-state index contributed by atoms with van der Waals surface area (Å²) in [6.45, 7) is 2.09. The molecule has 1 N–H and O–H groups in total. The van der Waals surface area contributed by atoms with E-state index in [0.717, 1.165) is 12.8 Å². The Hall–Kier alpha value is -2.63. The number of hydrogen-bond acceptors (Lipinski definition) is 5. The zero-order valence-electron chi connectivity index (χ0n) is 12.1. The molecule has 0 aliphatic heterocycles. The van der Waals surface area contributed by atoms with Crippen LogP contribution in [0.1, 0.15) is 42.1 Å². The maximum Gasteiger partial charge on any atom is 0.351 e. The third kappa shape index (κ3) is 3.72. The van der Waals surface area contributed by atoms with Crippen LogP contribution in [0.3, 0.4) is 0 Å². The number of ether oxygens (including phenoxy) is 1. The molecule has 0 amide bonds. The van der Waals surface area contributed by atoms with E-state index < -0.39 is 17.2 Å². The highest BCUT2D eigenvalue weighted by Crippen LogP contribution is 2.17. The van der Waals surface area contributed by atoms with Crippen molar-refractivity contribution in [2.75, 3.05) is 0 Å². The van der Waals surface area contributed by atoms with Crippen LogP contribution in [0.4, 0.5) is 0 Å². The van der Waals surface area contributed by atoms with E-state index in [1.54, 1.807) is 18.2 Å². The first-order valence-corrected chi connectivity index (χ1v) is 6.97. The summed E-state index contributed by atoms with van der Waals surface area (Å²) in [4.78, 5) is 33.9. The van der Waals surface area contributed by atoms with Crippen LogP contribution >= 0.6 is 0 Å². The van der Waals surface area contributed by atoms with Crippen molar-refractivity contribution in [1.29, 1.82) is 0 Å². The first-order valence-electron chi connectivity index (χ1n) is 6.97. The van der Waals surface area contributed by atoms with Gasteiger partial charge in [-0.05, 0) is 30.2 Å². The average molecular weight is 304 g/mol. The lowest BCUT2D eigenvalue weighted by atomic mass is 10.1. The number of carboxylic acids is 1. The van der Waals surface area contributed by atoms with Crippen molar-refractivity contribution < 1.29 is 23.8 Å². The Morgan fingerprint density at radius 3 is 2.73 bits per heavy atom. The van der Waals surface area contributed by atoms with E-state index in [1.165, 1.54) is 6.07 Å². The Kier molecular flexibility index (Phi) is 4.93. The van der Waals surface area contributed by atoms with Crippen LogP contribution in [0.2, 0.25) is 0 Å². The molecule has 22 heavy (non-hydrogen) atoms. The van der Waals surface area contributed by atoms with Gasteiger partial charge in [-0.15, -0.1) is 0 Å². The molecule has 1 aromatic heterocycles. The largest absolute Gasteiger partial charge is 0.477 e. The quantitative estimate of drug-likeness (QED) is 0.651. The molecule has 0 fully saturated rings. The molecule has 0 atom stereocenters. The molecule has 1 aromatic carbocycles. The minimum atomic E-state index is -1.34. The van der Waals surface area contributed by atoms with Crippen molar-refractivity contribution in [2.45, 2.75) is 32.8 Å². The highest BCUT2D eigenvalue weighted by atomic mass is 16.5. The van der Waals surface area contributed by atoms with Crippen molar-refractivity contribution >= 4 is 22.9 Å². The van der Waals surface area contributed by atoms with Gasteiger partial charge in [0.1, 0.15) is 17.8 Å². The number of carboxylic acid groups (broad SMARTS) is 1. The van der Waals surface area contributed by atoms with Crippen molar-refractivity contribution in [1.82, 2.24) is 0 Å². The van der Waals surface area contributed by atoms with Gasteiger partial charge in [-0.1, -0.05) is 19.4 Å². The Morgan fingerprint density at radius 1 is 1.27 bits per heavy atom. The first-order chi connectivity index (χ1) is 10.5. The summed E-state index contributed by atoms with van der Waals surface area (Å²) in [6.07, 6.45) is 2.08. The number of unbranched alkanes of at least 4 members (excludes halogenated alkanes) is 1. The lowest BCUT2D eigenvalue weighted by Crippen LogP contribution is -2.12. The summed E-state index contributed by atoms with van der Waals surface area (Å²) in [6, 6.07) is 6.11. The van der Waals surface area contributed by atoms with Crippen molar-refractivity contribution in [3.8, 4) is 0 Å². The second-order valence-corrected chi connectivity index (χ2v) is 4.89. The summed E-state index contributed by atoms with van der Waals surface area (Å²) in [5.74, 6) is -1.61. The molecule has 0 radical (unpaired) electrons. The van der Waals surface area contributed by atoms with Crippen LogP contribution in [-0.4, -0.2) is 17.0 Å². The fraction of sp³-hybridized carbons (Fsp3) is 0.312. The number of aromatic carboxylic acids is 1. The second-order valence-electron chi connectivity index (χ2n) is 4.89. The molecule has 0 aliphatic carbocycles. The molecule has 6 heteroatoms. The van der Waals surface area contributed by atoms with Crippen LogP contribution < -0.4 is 5.63 Å². The lowest BCUT2D eigenvalue weighted by Gasteiger charge is -2.06. The fourth-order valence-corrected chi connectivity index (χ4v) is 1.97. The Bertz CT molecular complexity index is 759. The van der Waals surface area contributed by atoms with Crippen molar-refractivity contribution in [2.24, 2.45) is 0 Å². The minimum absolute atomic E-state index is 0.0972. The van der Waals surface area contributed by atoms with E-state index in [0.29, 0.717) is 17.4 Å². The molecule has 0 bridgehead atoms. The van der Waals surface area contributed by atoms with Gasteiger partial charge in [-0.2, -0.15) is 0 Å². The Morgan fingerprint density at radius 2 is 2.05 bits per heavy atom. The highest BCUT2D eigenvalue weighted by Gasteiger charge is 2.12. The summed E-state index contributed by atoms with van der Waals surface area (Å²) >= 11 is 0. The first kappa shape index (κ1) is 15.8. The summed E-state index contributed by atoms with van der Waals surface area (Å²) in [5.41, 5.74) is -0.332. The van der Waals surface area contributed by atoms with Gasteiger partial charge in [-0.25, -0.2) is 9.59 Å². The average Bonchev–Trinajstić information content (AvgIpc) is 2.50. The van der Waals surface area contributed by atoms with Gasteiger partial charge in [-0.3, -0.25) is 4.79 Å². The third-order valence-electron chi connectivity index (χ3n) is 3.16. The van der Waals surface area contributed by atoms with E-state index in [9.17, 15) is 14.4 Å². The number of carbonyl (C=O) groups is 2. The number of fused-ring (bicyclic) bond motifs is 1. The van der Waals surface area contributed by atoms with Gasteiger partial charge < -0.3 is 14.3 Å². The van der Waals surface area contributed by atoms with Gasteiger partial charge in [0.2, 0.25) is 0 Å². The van der Waals surface area contributed by atoms with Gasteiger partial charge in [0.25, 0.3) is 0 Å². The predicted molar refractivity (Wildman–Crippen MR) is 78.8 cm³/mol. The molecule has 116 valence electrons. The predicted octanol–water partition coefficient (Wildman–Crippen LogP) is 2.72. The smallest absolute Gasteiger partial charge is 0.351 e. The van der Waals surface area contributed by atoms with E-state index in [4.69, 9.17) is 14.3 Å². The van der Waals surface area contributed by atoms with Crippen LogP contribution in [0, 0.1) is 0 Å². The number of carbonyl (C=O) groups excluding carboxylic acids is 1. The number of benzene rings is 1. The maximum atomic E-state index is 11.5. The normalized spacial score (nSPS) is 10.6. The Labute approximate surface area is 126 Å². The van der Waals surface area contributed by atoms with E-state index in [2.05, 4.69) is 0 Å². The van der Waals surface area contributed by atoms with E-state index >= 15 is 0 Å². The second kappa shape index (κ2) is 6.89. The molecule has 0 aliphatic rings. The molecule has 0 unspecified atom stereocenters. The summed E-state index contributed by atoms with van der Waals surface area (Å²) in [5, 5.41) is 9.40. The maximum absolute atomic E-state index is 11.5. The zero-order valence-corrected chi connectivity index (χ0v) is 12.1. The third-order valence-corrected chi connectivity index (χ3v) is 3.16. The van der Waals surface area contributed by atoms with Crippen LogP contribution in [0.15, 0.2) is 33.5 Å². The molecular weight excluding hydrogens is 288 g/mol. The molecule has 6 nitrogen and oxygen atoms in total. The fourth-order valence-electron chi connectivity index (χ4n) is 1.97. The molecule has 0 spiro atoms. The van der Waals surface area contributed by atoms with E-state index in [1.807, 2.05) is 6.92 Å². The monoisotopic (exact) mass is 304 g/mol. The van der Waals surface area contributed by atoms with Gasteiger partial charge >= 0.3 is 17.6 Å². The zero-order chi connectivity index (χ0) is 16.1. The van der Waals surface area contributed by atoms with Crippen molar-refractivity contribution in [3.05, 3.63) is 45.8 Å². The number of hydrogen-bond donors (Lipinski definition) is 1. The SMILES string of the molecule is CCCCC(=O)OCc1ccc2oc(=O)c(C(=O)O)cc2c1. The molecule has 2 rings (SSSR count). The van der Waals surface area contributed by atoms with Crippen molar-refractivity contribution in [3.63, 3.8) is 0 Å². The van der Waals surface area contributed by atoms with E-state index in [-0.39, 0.29) is 18.2 Å². The van der Waals surface area contributed by atoms with Gasteiger partial charge in [0.15, 0.2) is 0 Å². The lowest BCUT2D eigenvalue weighted by molar-refractivity contribution is -0.145. The minimum Gasteiger partial charge on any atom is -0.477 e. The van der Waals surface area contributed by atoms with Crippen LogP contribution in [-0.2, 0) is 16.1 Å². The standard InChI is InChI=1S/C16H16O6/c1-2-3-4-14(17)21-9-10-5-6-13-11(7-10)8-12(15(18)19)16(20)22-13/h5-8H,2-4,9H2,1H3,(H,18,19). The van der Waals surface area contributed by atoms with Crippen LogP contribution in [0.25, 0.3) is 11.0 Å². The summed E-state index contributed by atoms with van der Waals surface area (Å²) in [7, 11) is 0. The topological polar surface area (TPSA) is 93.8 Å². The molecular formula is C16H16O6. The van der Waals surface area contributed by atoms with Gasteiger partial charge in [0, 0.05) is 11.8 Å². The van der Waals surface area contributed by atoms with Crippen LogP contribution in [0.5, 0.6) is 0 Å². The molecule has 0 saturated heterocycles. The number of esters is 1. The highest BCUT2D eigenvalue weighted by molar-refractivity contribution is 5.91. The summed E-state index contributed by atoms with van der Waals surface area (Å²) < 4.78 is 10.1.